The van der Waals surface area contributed by atoms with Crippen LogP contribution in [0.2, 0.25) is 0 Å². The van der Waals surface area contributed by atoms with E-state index in [0.29, 0.717) is 12.5 Å². The second kappa shape index (κ2) is 3.79. The predicted molar refractivity (Wildman–Crippen MR) is 53.6 cm³/mol. The Morgan fingerprint density at radius 2 is 2.29 bits per heavy atom. The molecule has 0 bridgehead atoms. The highest BCUT2D eigenvalue weighted by Crippen LogP contribution is 2.19. The smallest absolute Gasteiger partial charge is 0.238 e. The number of rotatable bonds is 1. The van der Waals surface area contributed by atoms with Crippen LogP contribution in [0, 0.1) is 0 Å². The monoisotopic (exact) mass is 194 g/mol. The zero-order chi connectivity index (χ0) is 9.97. The molecule has 76 valence electrons. The highest BCUT2D eigenvalue weighted by Gasteiger charge is 2.11. The standard InChI is InChI=1S/C9H14N4O/c1-13(2)8-5-7-6-10-3-4-14-9(7)12-11-8/h5,10H,3-4,6H2,1-2H3. The van der Waals surface area contributed by atoms with Gasteiger partial charge in [0.2, 0.25) is 5.88 Å². The molecule has 0 aromatic carbocycles. The molecule has 0 saturated carbocycles. The van der Waals surface area contributed by atoms with E-state index in [-0.39, 0.29) is 0 Å². The van der Waals surface area contributed by atoms with E-state index >= 15 is 0 Å². The minimum Gasteiger partial charge on any atom is -0.475 e. The maximum absolute atomic E-state index is 5.43. The van der Waals surface area contributed by atoms with Crippen LogP contribution in [-0.4, -0.2) is 37.4 Å². The fourth-order valence-corrected chi connectivity index (χ4v) is 1.32. The summed E-state index contributed by atoms with van der Waals surface area (Å²) in [6.07, 6.45) is 0. The first-order valence-electron chi connectivity index (χ1n) is 4.65. The highest BCUT2D eigenvalue weighted by atomic mass is 16.5. The lowest BCUT2D eigenvalue weighted by Gasteiger charge is -2.12. The number of anilines is 1. The number of hydrogen-bond acceptors (Lipinski definition) is 5. The lowest BCUT2D eigenvalue weighted by atomic mass is 10.3. The minimum atomic E-state index is 0.653. The van der Waals surface area contributed by atoms with Gasteiger partial charge in [0.25, 0.3) is 0 Å². The Morgan fingerprint density at radius 3 is 3.07 bits per heavy atom. The van der Waals surface area contributed by atoms with Crippen LogP contribution in [-0.2, 0) is 6.54 Å². The third-order valence-corrected chi connectivity index (χ3v) is 2.11. The third-order valence-electron chi connectivity index (χ3n) is 2.11. The van der Waals surface area contributed by atoms with Crippen LogP contribution in [0.25, 0.3) is 0 Å². The van der Waals surface area contributed by atoms with Gasteiger partial charge in [0.05, 0.1) is 0 Å². The number of nitrogens with one attached hydrogen (secondary N) is 1. The molecule has 0 radical (unpaired) electrons. The number of nitrogens with zero attached hydrogens (tertiary/aromatic N) is 3. The molecule has 1 aromatic rings. The van der Waals surface area contributed by atoms with E-state index in [0.717, 1.165) is 24.5 Å². The van der Waals surface area contributed by atoms with E-state index < -0.39 is 0 Å². The van der Waals surface area contributed by atoms with Crippen LogP contribution in [0.1, 0.15) is 5.56 Å². The zero-order valence-electron chi connectivity index (χ0n) is 8.45. The maximum Gasteiger partial charge on any atom is 0.238 e. The van der Waals surface area contributed by atoms with Crippen molar-refractivity contribution in [1.29, 1.82) is 0 Å². The molecule has 0 atom stereocenters. The van der Waals surface area contributed by atoms with E-state index in [1.54, 1.807) is 0 Å². The largest absolute Gasteiger partial charge is 0.475 e. The summed E-state index contributed by atoms with van der Waals surface area (Å²) in [6.45, 7) is 2.31. The van der Waals surface area contributed by atoms with E-state index in [9.17, 15) is 0 Å². The van der Waals surface area contributed by atoms with Gasteiger partial charge in [0.15, 0.2) is 5.82 Å². The average Bonchev–Trinajstić information content (AvgIpc) is 2.41. The molecule has 1 aliphatic heterocycles. The SMILES string of the molecule is CN(C)c1cc2c(nn1)OCCNC2. The Balaban J connectivity index is 2.32. The van der Waals surface area contributed by atoms with Crippen molar-refractivity contribution < 1.29 is 4.74 Å². The summed E-state index contributed by atoms with van der Waals surface area (Å²) in [4.78, 5) is 1.93. The molecule has 5 nitrogen and oxygen atoms in total. The van der Waals surface area contributed by atoms with Gasteiger partial charge < -0.3 is 15.0 Å². The molecule has 0 saturated heterocycles. The third kappa shape index (κ3) is 1.77. The molecule has 0 aliphatic carbocycles. The lowest BCUT2D eigenvalue weighted by Crippen LogP contribution is -2.16. The van der Waals surface area contributed by atoms with Gasteiger partial charge in [-0.05, 0) is 6.07 Å². The number of fused-ring (bicyclic) bond motifs is 1. The molecule has 1 aromatic heterocycles. The Labute approximate surface area is 83.1 Å². The summed E-state index contributed by atoms with van der Waals surface area (Å²) in [5.41, 5.74) is 1.07. The molecule has 2 rings (SSSR count). The van der Waals surface area contributed by atoms with E-state index in [2.05, 4.69) is 15.5 Å². The van der Waals surface area contributed by atoms with Crippen molar-refractivity contribution in [2.75, 3.05) is 32.1 Å². The van der Waals surface area contributed by atoms with Crippen molar-refractivity contribution in [3.8, 4) is 5.88 Å². The molecule has 14 heavy (non-hydrogen) atoms. The van der Waals surface area contributed by atoms with Crippen LogP contribution in [0.3, 0.4) is 0 Å². The van der Waals surface area contributed by atoms with Crippen LogP contribution in [0.15, 0.2) is 6.07 Å². The summed E-state index contributed by atoms with van der Waals surface area (Å²) >= 11 is 0. The van der Waals surface area contributed by atoms with Crippen LogP contribution in [0.4, 0.5) is 5.82 Å². The summed E-state index contributed by atoms with van der Waals surface area (Å²) in [5, 5.41) is 11.4. The quantitative estimate of drug-likeness (QED) is 0.683. The van der Waals surface area contributed by atoms with Gasteiger partial charge in [-0.3, -0.25) is 0 Å². The average molecular weight is 194 g/mol. The number of aromatic nitrogens is 2. The van der Waals surface area contributed by atoms with Crippen molar-refractivity contribution >= 4 is 5.82 Å². The highest BCUT2D eigenvalue weighted by molar-refractivity contribution is 5.41. The first-order valence-corrected chi connectivity index (χ1v) is 4.65. The van der Waals surface area contributed by atoms with Crippen molar-refractivity contribution in [2.24, 2.45) is 0 Å². The molecule has 0 fully saturated rings. The van der Waals surface area contributed by atoms with Gasteiger partial charge in [-0.25, -0.2) is 0 Å². The van der Waals surface area contributed by atoms with Gasteiger partial charge in [0, 0.05) is 32.7 Å². The van der Waals surface area contributed by atoms with Crippen molar-refractivity contribution in [3.05, 3.63) is 11.6 Å². The lowest BCUT2D eigenvalue weighted by molar-refractivity contribution is 0.310. The summed E-state index contributed by atoms with van der Waals surface area (Å²) in [5.74, 6) is 1.51. The van der Waals surface area contributed by atoms with Gasteiger partial charge in [-0.1, -0.05) is 0 Å². The molecule has 1 aliphatic rings. The summed E-state index contributed by atoms with van der Waals surface area (Å²) in [6, 6.07) is 2.00. The van der Waals surface area contributed by atoms with E-state index in [4.69, 9.17) is 4.74 Å². The second-order valence-corrected chi connectivity index (χ2v) is 3.45. The van der Waals surface area contributed by atoms with Crippen molar-refractivity contribution in [3.63, 3.8) is 0 Å². The maximum atomic E-state index is 5.43. The predicted octanol–water partition coefficient (Wildman–Crippen LogP) is 0.0246. The minimum absolute atomic E-state index is 0.653. The fourth-order valence-electron chi connectivity index (χ4n) is 1.32. The topological polar surface area (TPSA) is 50.3 Å². The van der Waals surface area contributed by atoms with Crippen molar-refractivity contribution in [2.45, 2.75) is 6.54 Å². The first-order chi connectivity index (χ1) is 6.77. The molecule has 5 heteroatoms. The fraction of sp³-hybridized carbons (Fsp3) is 0.556. The normalized spacial score (nSPS) is 15.3. The first kappa shape index (κ1) is 9.21. The van der Waals surface area contributed by atoms with Crippen LogP contribution in [0.5, 0.6) is 5.88 Å². The van der Waals surface area contributed by atoms with Gasteiger partial charge >= 0.3 is 0 Å². The molecule has 0 unspecified atom stereocenters. The van der Waals surface area contributed by atoms with Gasteiger partial charge in [0.1, 0.15) is 6.61 Å². The molecule has 2 heterocycles. The van der Waals surface area contributed by atoms with Crippen LogP contribution >= 0.6 is 0 Å². The molecule has 0 amide bonds. The number of ether oxygens (including phenoxy) is 1. The van der Waals surface area contributed by atoms with Gasteiger partial charge in [-0.15, -0.1) is 10.2 Å². The van der Waals surface area contributed by atoms with E-state index in [1.165, 1.54) is 0 Å². The Morgan fingerprint density at radius 1 is 1.43 bits per heavy atom. The van der Waals surface area contributed by atoms with Crippen LogP contribution < -0.4 is 15.0 Å². The summed E-state index contributed by atoms with van der Waals surface area (Å²) in [7, 11) is 3.89. The summed E-state index contributed by atoms with van der Waals surface area (Å²) < 4.78 is 5.43. The second-order valence-electron chi connectivity index (χ2n) is 3.45. The molecule has 1 N–H and O–H groups in total. The van der Waals surface area contributed by atoms with Gasteiger partial charge in [-0.2, -0.15) is 0 Å². The molecule has 0 spiro atoms. The molecular weight excluding hydrogens is 180 g/mol. The van der Waals surface area contributed by atoms with E-state index in [1.807, 2.05) is 25.1 Å². The Hall–Kier alpha value is -1.36. The Bertz CT molecular complexity index is 327. The zero-order valence-corrected chi connectivity index (χ0v) is 8.45. The van der Waals surface area contributed by atoms with Crippen molar-refractivity contribution in [1.82, 2.24) is 15.5 Å². The number of hydrogen-bond donors (Lipinski definition) is 1. The molecular formula is C9H14N4O. The Kier molecular flexibility index (Phi) is 2.49.